The number of ether oxygens (including phenoxy) is 1. The zero-order valence-corrected chi connectivity index (χ0v) is 16.0. The number of carbonyl (C=O) groups excluding carboxylic acids is 3. The molecule has 26 heavy (non-hydrogen) atoms. The quantitative estimate of drug-likeness (QED) is 0.352. The standard InChI is InChI=1S/C21H27NO4/c1-5-7-8-10-19(24)13-16(15(3)23)11-17-12-18(9-6-2)22-14-20(17)21(25)26-4/h6,9,11-12,14H,5,7-8,10,13H2,1-4H3. The maximum absolute atomic E-state index is 12.2. The van der Waals surface area contributed by atoms with Gasteiger partial charge in [0.2, 0.25) is 0 Å². The molecule has 0 saturated heterocycles. The van der Waals surface area contributed by atoms with Gasteiger partial charge in [0.05, 0.1) is 18.4 Å². The molecule has 0 spiro atoms. The number of methoxy groups -OCH3 is 1. The van der Waals surface area contributed by atoms with Crippen LogP contribution in [0.5, 0.6) is 0 Å². The minimum absolute atomic E-state index is 0.0299. The van der Waals surface area contributed by atoms with Crippen LogP contribution >= 0.6 is 0 Å². The molecule has 0 atom stereocenters. The second-order valence-corrected chi connectivity index (χ2v) is 6.09. The molecule has 1 rings (SSSR count). The minimum Gasteiger partial charge on any atom is -0.465 e. The summed E-state index contributed by atoms with van der Waals surface area (Å²) in [6, 6.07) is 1.71. The highest BCUT2D eigenvalue weighted by molar-refractivity contribution is 6.04. The zero-order chi connectivity index (χ0) is 19.5. The van der Waals surface area contributed by atoms with E-state index in [9.17, 15) is 14.4 Å². The average Bonchev–Trinajstić information content (AvgIpc) is 2.61. The van der Waals surface area contributed by atoms with Crippen LogP contribution in [0.4, 0.5) is 0 Å². The summed E-state index contributed by atoms with van der Waals surface area (Å²) in [7, 11) is 1.29. The molecule has 0 amide bonds. The lowest BCUT2D eigenvalue weighted by molar-refractivity contribution is -0.120. The van der Waals surface area contributed by atoms with Crippen LogP contribution in [0.15, 0.2) is 23.9 Å². The van der Waals surface area contributed by atoms with E-state index in [1.165, 1.54) is 20.2 Å². The highest BCUT2D eigenvalue weighted by Gasteiger charge is 2.15. The Morgan fingerprint density at radius 3 is 2.54 bits per heavy atom. The number of esters is 1. The van der Waals surface area contributed by atoms with Crippen molar-refractivity contribution in [2.24, 2.45) is 0 Å². The molecular formula is C21H27NO4. The van der Waals surface area contributed by atoms with Gasteiger partial charge in [-0.1, -0.05) is 25.8 Å². The lowest BCUT2D eigenvalue weighted by Crippen LogP contribution is -2.08. The van der Waals surface area contributed by atoms with Crippen LogP contribution in [0.3, 0.4) is 0 Å². The van der Waals surface area contributed by atoms with Crippen molar-refractivity contribution in [2.75, 3.05) is 7.11 Å². The van der Waals surface area contributed by atoms with E-state index in [0.717, 1.165) is 19.3 Å². The number of Topliss-reactive ketones (excluding diaryl/α,β-unsaturated/α-hetero) is 2. The van der Waals surface area contributed by atoms with Crippen LogP contribution in [0, 0.1) is 0 Å². The molecule has 0 aliphatic heterocycles. The van der Waals surface area contributed by atoms with E-state index in [4.69, 9.17) is 4.74 Å². The number of rotatable bonds is 10. The number of allylic oxidation sites excluding steroid dienone is 2. The Bertz CT molecular complexity index is 717. The van der Waals surface area contributed by atoms with Crippen molar-refractivity contribution in [3.8, 4) is 0 Å². The van der Waals surface area contributed by atoms with E-state index < -0.39 is 5.97 Å². The molecule has 1 heterocycles. The molecule has 5 nitrogen and oxygen atoms in total. The number of ketones is 2. The SMILES string of the molecule is CC=Cc1cc(C=C(CC(=O)CCCCC)C(C)=O)c(C(=O)OC)cn1. The van der Waals surface area contributed by atoms with Crippen LogP contribution in [0.2, 0.25) is 0 Å². The molecule has 5 heteroatoms. The molecule has 0 saturated carbocycles. The molecule has 0 aliphatic rings. The Hall–Kier alpha value is -2.56. The van der Waals surface area contributed by atoms with Crippen LogP contribution in [-0.4, -0.2) is 29.6 Å². The summed E-state index contributed by atoms with van der Waals surface area (Å²) in [5, 5.41) is 0. The first-order valence-corrected chi connectivity index (χ1v) is 8.87. The Labute approximate surface area is 155 Å². The molecule has 1 aromatic heterocycles. The summed E-state index contributed by atoms with van der Waals surface area (Å²) in [5.74, 6) is -0.691. The summed E-state index contributed by atoms with van der Waals surface area (Å²) >= 11 is 0. The van der Waals surface area contributed by atoms with Crippen molar-refractivity contribution in [1.82, 2.24) is 4.98 Å². The predicted molar refractivity (Wildman–Crippen MR) is 103 cm³/mol. The van der Waals surface area contributed by atoms with Crippen molar-refractivity contribution in [1.29, 1.82) is 0 Å². The first-order chi connectivity index (χ1) is 12.4. The monoisotopic (exact) mass is 357 g/mol. The number of aromatic nitrogens is 1. The van der Waals surface area contributed by atoms with Gasteiger partial charge in [0, 0.05) is 24.6 Å². The topological polar surface area (TPSA) is 73.3 Å². The van der Waals surface area contributed by atoms with E-state index in [1.807, 2.05) is 13.0 Å². The van der Waals surface area contributed by atoms with Gasteiger partial charge in [-0.25, -0.2) is 4.79 Å². The lowest BCUT2D eigenvalue weighted by atomic mass is 9.98. The zero-order valence-electron chi connectivity index (χ0n) is 16.0. The third-order valence-electron chi connectivity index (χ3n) is 3.93. The molecule has 0 radical (unpaired) electrons. The molecular weight excluding hydrogens is 330 g/mol. The van der Waals surface area contributed by atoms with Crippen LogP contribution in [0.1, 0.15) is 74.5 Å². The van der Waals surface area contributed by atoms with Gasteiger partial charge in [0.25, 0.3) is 0 Å². The van der Waals surface area contributed by atoms with Gasteiger partial charge >= 0.3 is 5.97 Å². The van der Waals surface area contributed by atoms with Gasteiger partial charge in [-0.3, -0.25) is 14.6 Å². The molecule has 0 aromatic carbocycles. The maximum atomic E-state index is 12.2. The fraction of sp³-hybridized carbons (Fsp3) is 0.429. The number of carbonyl (C=O) groups is 3. The fourth-order valence-electron chi connectivity index (χ4n) is 2.49. The lowest BCUT2D eigenvalue weighted by Gasteiger charge is -2.08. The van der Waals surface area contributed by atoms with Crippen molar-refractivity contribution in [2.45, 2.75) is 52.9 Å². The number of nitrogens with zero attached hydrogens (tertiary/aromatic N) is 1. The third kappa shape index (κ3) is 6.75. The number of unbranched alkanes of at least 4 members (excludes halogenated alkanes) is 2. The number of hydrogen-bond acceptors (Lipinski definition) is 5. The summed E-state index contributed by atoms with van der Waals surface area (Å²) in [6.45, 7) is 5.36. The molecule has 0 bridgehead atoms. The van der Waals surface area contributed by atoms with Gasteiger partial charge in [0.1, 0.15) is 5.78 Å². The van der Waals surface area contributed by atoms with E-state index in [-0.39, 0.29) is 23.6 Å². The highest BCUT2D eigenvalue weighted by atomic mass is 16.5. The van der Waals surface area contributed by atoms with E-state index in [1.54, 1.807) is 18.2 Å². The van der Waals surface area contributed by atoms with Crippen LogP contribution < -0.4 is 0 Å². The summed E-state index contributed by atoms with van der Waals surface area (Å²) in [6.07, 6.45) is 10.0. The largest absolute Gasteiger partial charge is 0.465 e. The molecule has 0 N–H and O–H groups in total. The number of hydrogen-bond donors (Lipinski definition) is 0. The number of pyridine rings is 1. The Morgan fingerprint density at radius 2 is 1.96 bits per heavy atom. The molecule has 140 valence electrons. The normalized spacial score (nSPS) is 11.6. The minimum atomic E-state index is -0.534. The van der Waals surface area contributed by atoms with Gasteiger partial charge in [-0.2, -0.15) is 0 Å². The van der Waals surface area contributed by atoms with Crippen molar-refractivity contribution >= 4 is 29.7 Å². The van der Waals surface area contributed by atoms with Crippen LogP contribution in [0.25, 0.3) is 12.2 Å². The van der Waals surface area contributed by atoms with E-state index >= 15 is 0 Å². The fourth-order valence-corrected chi connectivity index (χ4v) is 2.49. The summed E-state index contributed by atoms with van der Waals surface area (Å²) in [4.78, 5) is 40.4. The van der Waals surface area contributed by atoms with Crippen molar-refractivity contribution in [3.63, 3.8) is 0 Å². The first kappa shape index (κ1) is 21.5. The van der Waals surface area contributed by atoms with Gasteiger partial charge in [-0.05, 0) is 44.1 Å². The first-order valence-electron chi connectivity index (χ1n) is 8.87. The van der Waals surface area contributed by atoms with Crippen molar-refractivity contribution < 1.29 is 19.1 Å². The van der Waals surface area contributed by atoms with E-state index in [0.29, 0.717) is 23.3 Å². The molecule has 1 aromatic rings. The summed E-state index contributed by atoms with van der Waals surface area (Å²) in [5.41, 5.74) is 1.82. The third-order valence-corrected chi connectivity index (χ3v) is 3.93. The van der Waals surface area contributed by atoms with E-state index in [2.05, 4.69) is 11.9 Å². The second kappa shape index (κ2) is 11.1. The highest BCUT2D eigenvalue weighted by Crippen LogP contribution is 2.19. The molecule has 0 unspecified atom stereocenters. The molecule has 0 aliphatic carbocycles. The average molecular weight is 357 g/mol. The smallest absolute Gasteiger partial charge is 0.340 e. The predicted octanol–water partition coefficient (Wildman–Crippen LogP) is 4.41. The second-order valence-electron chi connectivity index (χ2n) is 6.09. The Kier molecular flexibility index (Phi) is 9.20. The Morgan fingerprint density at radius 1 is 1.23 bits per heavy atom. The Balaban J connectivity index is 3.20. The van der Waals surface area contributed by atoms with Crippen LogP contribution in [-0.2, 0) is 14.3 Å². The van der Waals surface area contributed by atoms with Gasteiger partial charge in [0.15, 0.2) is 5.78 Å². The van der Waals surface area contributed by atoms with Gasteiger partial charge in [-0.15, -0.1) is 0 Å². The summed E-state index contributed by atoms with van der Waals surface area (Å²) < 4.78 is 4.79. The van der Waals surface area contributed by atoms with Gasteiger partial charge < -0.3 is 4.74 Å². The maximum Gasteiger partial charge on any atom is 0.340 e. The molecule has 0 fully saturated rings. The van der Waals surface area contributed by atoms with Crippen molar-refractivity contribution in [3.05, 3.63) is 40.7 Å².